The van der Waals surface area contributed by atoms with Gasteiger partial charge in [-0.3, -0.25) is 18.6 Å². The lowest BCUT2D eigenvalue weighted by atomic mass is 10.1. The van der Waals surface area contributed by atoms with Crippen LogP contribution in [0.3, 0.4) is 0 Å². The van der Waals surface area contributed by atoms with Gasteiger partial charge in [0, 0.05) is 12.8 Å². The van der Waals surface area contributed by atoms with Crippen LogP contribution >= 0.6 is 7.82 Å². The first kappa shape index (κ1) is 46.2. The van der Waals surface area contributed by atoms with E-state index in [4.69, 9.17) is 18.5 Å². The van der Waals surface area contributed by atoms with Crippen molar-refractivity contribution in [2.24, 2.45) is 0 Å². The van der Waals surface area contributed by atoms with Crippen molar-refractivity contribution in [3.05, 3.63) is 36.5 Å². The van der Waals surface area contributed by atoms with E-state index in [9.17, 15) is 19.0 Å². The maximum Gasteiger partial charge on any atom is 0.472 e. The van der Waals surface area contributed by atoms with Gasteiger partial charge in [-0.05, 0) is 44.9 Å². The van der Waals surface area contributed by atoms with Crippen molar-refractivity contribution in [1.82, 2.24) is 0 Å². The van der Waals surface area contributed by atoms with Gasteiger partial charge in [-0.15, -0.1) is 0 Å². The maximum atomic E-state index is 12.6. The van der Waals surface area contributed by atoms with Crippen LogP contribution in [0.1, 0.15) is 142 Å². The highest BCUT2D eigenvalue weighted by molar-refractivity contribution is 7.47. The van der Waals surface area contributed by atoms with Gasteiger partial charge in [-0.2, -0.15) is 0 Å². The predicted octanol–water partition coefficient (Wildman–Crippen LogP) is 9.79. The Balaban J connectivity index is 4.39. The number of nitrogens with zero attached hydrogens (tertiary/aromatic N) is 1. The molecule has 0 aromatic heterocycles. The summed E-state index contributed by atoms with van der Waals surface area (Å²) in [4.78, 5) is 35.0. The summed E-state index contributed by atoms with van der Waals surface area (Å²) in [5.74, 6) is -0.820. The number of quaternary nitrogens is 1. The molecule has 2 atom stereocenters. The first-order valence-corrected chi connectivity index (χ1v) is 20.2. The van der Waals surface area contributed by atoms with E-state index in [1.807, 2.05) is 21.1 Å². The van der Waals surface area contributed by atoms with Crippen molar-refractivity contribution < 1.29 is 42.1 Å². The van der Waals surface area contributed by atoms with E-state index >= 15 is 0 Å². The molecule has 0 aliphatic rings. The normalized spacial score (nSPS) is 14.2. The molecule has 0 aromatic carbocycles. The van der Waals surface area contributed by atoms with Crippen molar-refractivity contribution in [3.63, 3.8) is 0 Å². The van der Waals surface area contributed by atoms with E-state index in [2.05, 4.69) is 50.3 Å². The lowest BCUT2D eigenvalue weighted by Crippen LogP contribution is -2.37. The van der Waals surface area contributed by atoms with Crippen LogP contribution in [0.15, 0.2) is 36.5 Å². The van der Waals surface area contributed by atoms with E-state index < -0.39 is 26.5 Å². The number of likely N-dealkylation sites (N-methyl/N-ethyl adjacent to an activating group) is 1. The number of rotatable bonds is 33. The molecule has 0 rings (SSSR count). The van der Waals surface area contributed by atoms with Crippen LogP contribution in [0.25, 0.3) is 0 Å². The quantitative estimate of drug-likeness (QED) is 0.0237. The highest BCUT2D eigenvalue weighted by Gasteiger charge is 2.27. The van der Waals surface area contributed by atoms with E-state index in [1.54, 1.807) is 0 Å². The van der Waals surface area contributed by atoms with Crippen molar-refractivity contribution in [2.45, 2.75) is 148 Å². The Kier molecular flexibility index (Phi) is 30.1. The summed E-state index contributed by atoms with van der Waals surface area (Å²) >= 11 is 0. The molecule has 0 amide bonds. The van der Waals surface area contributed by atoms with E-state index in [-0.39, 0.29) is 32.0 Å². The molecule has 0 aliphatic heterocycles. The molecule has 0 bridgehead atoms. The minimum Gasteiger partial charge on any atom is -0.462 e. The van der Waals surface area contributed by atoms with Crippen LogP contribution in [-0.2, 0) is 32.7 Å². The third-order valence-electron chi connectivity index (χ3n) is 7.68. The Morgan fingerprint density at radius 3 is 1.77 bits per heavy atom. The SMILES string of the molecule is CC/C=C\C/C=C\C/C=C\CCCCCCCCCC(=O)OC(COC(=O)CCCCCCCCC)COP(=O)(O)OCC[N+](C)(C)C. The summed E-state index contributed by atoms with van der Waals surface area (Å²) in [6.45, 7) is 4.23. The minimum absolute atomic E-state index is 0.0294. The topological polar surface area (TPSA) is 108 Å². The van der Waals surface area contributed by atoms with E-state index in [1.165, 1.54) is 44.9 Å². The number of carbonyl (C=O) groups is 2. The van der Waals surface area contributed by atoms with Gasteiger partial charge in [0.2, 0.25) is 0 Å². The van der Waals surface area contributed by atoms with Gasteiger partial charge in [-0.25, -0.2) is 4.57 Å². The predicted molar refractivity (Wildman–Crippen MR) is 197 cm³/mol. The molecule has 10 heteroatoms. The van der Waals surface area contributed by atoms with Crippen LogP contribution < -0.4 is 0 Å². The molecule has 9 nitrogen and oxygen atoms in total. The number of hydrogen-bond donors (Lipinski definition) is 1. The Morgan fingerprint density at radius 2 is 1.19 bits per heavy atom. The van der Waals surface area contributed by atoms with Crippen LogP contribution in [0, 0.1) is 0 Å². The zero-order valence-corrected chi connectivity index (χ0v) is 32.1. The fourth-order valence-electron chi connectivity index (χ4n) is 4.73. The van der Waals surface area contributed by atoms with Gasteiger partial charge in [0.1, 0.15) is 19.8 Å². The molecule has 0 aromatic rings. The second-order valence-electron chi connectivity index (χ2n) is 13.6. The molecule has 48 heavy (non-hydrogen) atoms. The zero-order chi connectivity index (χ0) is 35.8. The Morgan fingerprint density at radius 1 is 0.667 bits per heavy atom. The van der Waals surface area contributed by atoms with Crippen LogP contribution in [0.4, 0.5) is 0 Å². The highest BCUT2D eigenvalue weighted by Crippen LogP contribution is 2.43. The van der Waals surface area contributed by atoms with E-state index in [0.717, 1.165) is 64.2 Å². The monoisotopic (exact) mass is 700 g/mol. The highest BCUT2D eigenvalue weighted by atomic mass is 31.2. The molecule has 0 saturated heterocycles. The van der Waals surface area contributed by atoms with Crippen molar-refractivity contribution >= 4 is 19.8 Å². The number of allylic oxidation sites excluding steroid dienone is 6. The average molecular weight is 701 g/mol. The van der Waals surface area contributed by atoms with Crippen molar-refractivity contribution in [2.75, 3.05) is 47.5 Å². The van der Waals surface area contributed by atoms with Crippen LogP contribution in [0.5, 0.6) is 0 Å². The first-order chi connectivity index (χ1) is 23.0. The van der Waals surface area contributed by atoms with Gasteiger partial charge in [-0.1, -0.05) is 121 Å². The van der Waals surface area contributed by atoms with Gasteiger partial charge >= 0.3 is 19.8 Å². The third kappa shape index (κ3) is 34.1. The zero-order valence-electron chi connectivity index (χ0n) is 31.2. The average Bonchev–Trinajstić information content (AvgIpc) is 3.02. The number of phosphoric acid groups is 1. The summed E-state index contributed by atoms with van der Waals surface area (Å²) in [6, 6.07) is 0. The molecule has 0 spiro atoms. The lowest BCUT2D eigenvalue weighted by molar-refractivity contribution is -0.870. The fraction of sp³-hybridized carbons (Fsp3) is 0.789. The molecule has 1 N–H and O–H groups in total. The fourth-order valence-corrected chi connectivity index (χ4v) is 5.47. The van der Waals surface area contributed by atoms with Gasteiger partial charge in [0.15, 0.2) is 6.10 Å². The molecule has 0 aliphatic carbocycles. The number of ether oxygens (including phenoxy) is 2. The summed E-state index contributed by atoms with van der Waals surface area (Å²) in [5.41, 5.74) is 0. The number of esters is 2. The largest absolute Gasteiger partial charge is 0.472 e. The Hall–Kier alpha value is -1.77. The molecule has 280 valence electrons. The second kappa shape index (κ2) is 31.2. The standard InChI is InChI=1S/C38H70NO8P/c1-6-8-10-12-14-15-16-17-18-19-20-21-22-23-25-27-29-31-38(41)47-36(35-46-48(42,43)45-33-32-39(3,4)5)34-44-37(40)30-28-26-24-13-11-9-7-2/h8,10,14-15,17-18,36H,6-7,9,11-13,16,19-35H2,1-5H3/p+1/b10-8-,15-14-,18-17-. The summed E-state index contributed by atoms with van der Waals surface area (Å²) in [7, 11) is 1.46. The summed E-state index contributed by atoms with van der Waals surface area (Å²) in [5, 5.41) is 0. The smallest absolute Gasteiger partial charge is 0.462 e. The lowest BCUT2D eigenvalue weighted by Gasteiger charge is -2.24. The number of carbonyl (C=O) groups excluding carboxylic acids is 2. The number of hydrogen-bond acceptors (Lipinski definition) is 7. The molecule has 0 saturated carbocycles. The van der Waals surface area contributed by atoms with E-state index in [0.29, 0.717) is 17.4 Å². The van der Waals surface area contributed by atoms with Crippen molar-refractivity contribution in [1.29, 1.82) is 0 Å². The van der Waals surface area contributed by atoms with Crippen LogP contribution in [-0.4, -0.2) is 74.9 Å². The van der Waals surface area contributed by atoms with Crippen molar-refractivity contribution in [3.8, 4) is 0 Å². The Bertz CT molecular complexity index is 928. The number of unbranched alkanes of at least 4 members (excludes halogenated alkanes) is 13. The van der Waals surface area contributed by atoms with Gasteiger partial charge < -0.3 is 18.9 Å². The summed E-state index contributed by atoms with van der Waals surface area (Å²) in [6.07, 6.45) is 32.1. The molecule has 0 heterocycles. The summed E-state index contributed by atoms with van der Waals surface area (Å²) < 4.78 is 34.0. The Labute approximate surface area is 293 Å². The maximum absolute atomic E-state index is 12.6. The number of phosphoric ester groups is 1. The second-order valence-corrected chi connectivity index (χ2v) is 15.0. The molecule has 0 radical (unpaired) electrons. The molecule has 0 fully saturated rings. The molecular weight excluding hydrogens is 629 g/mol. The molecular formula is C38H71NO8P+. The van der Waals surface area contributed by atoms with Gasteiger partial charge in [0.25, 0.3) is 0 Å². The first-order valence-electron chi connectivity index (χ1n) is 18.7. The minimum atomic E-state index is -4.36. The van der Waals surface area contributed by atoms with Crippen LogP contribution in [0.2, 0.25) is 0 Å². The van der Waals surface area contributed by atoms with Gasteiger partial charge in [0.05, 0.1) is 27.7 Å². The third-order valence-corrected chi connectivity index (χ3v) is 8.67. The molecule has 2 unspecified atom stereocenters.